The first-order valence-corrected chi connectivity index (χ1v) is 10.4. The van der Waals surface area contributed by atoms with Gasteiger partial charge in [0.2, 0.25) is 5.91 Å². The van der Waals surface area contributed by atoms with Crippen LogP contribution in [-0.4, -0.2) is 60.4 Å². The second-order valence-electron chi connectivity index (χ2n) is 7.89. The number of nitrogens with one attached hydrogen (secondary N) is 1. The van der Waals surface area contributed by atoms with Crippen molar-refractivity contribution in [1.29, 1.82) is 0 Å². The first-order chi connectivity index (χ1) is 13.1. The van der Waals surface area contributed by atoms with Gasteiger partial charge in [-0.2, -0.15) is 0 Å². The highest BCUT2D eigenvalue weighted by atomic mass is 16.3. The molecule has 6 nitrogen and oxygen atoms in total. The van der Waals surface area contributed by atoms with Crippen LogP contribution in [0.2, 0.25) is 0 Å². The maximum atomic E-state index is 12.5. The molecule has 2 aliphatic heterocycles. The monoisotopic (exact) mass is 375 g/mol. The number of carbonyl (C=O) groups is 2. The number of piperidine rings is 1. The maximum absolute atomic E-state index is 12.5. The minimum absolute atomic E-state index is 0.0643. The second-order valence-corrected chi connectivity index (χ2v) is 7.89. The molecule has 1 aromatic rings. The van der Waals surface area contributed by atoms with Crippen LogP contribution in [0.1, 0.15) is 61.6 Å². The molecule has 2 fully saturated rings. The predicted octanol–water partition coefficient (Wildman–Crippen LogP) is 2.82. The van der Waals surface area contributed by atoms with Crippen LogP contribution in [0.15, 0.2) is 16.7 Å². The zero-order chi connectivity index (χ0) is 19.2. The molecule has 2 amide bonds. The zero-order valence-electron chi connectivity index (χ0n) is 16.7. The van der Waals surface area contributed by atoms with Crippen LogP contribution < -0.4 is 5.32 Å². The van der Waals surface area contributed by atoms with Crippen LogP contribution in [0.3, 0.4) is 0 Å². The summed E-state index contributed by atoms with van der Waals surface area (Å²) in [5.41, 5.74) is 0.667. The van der Waals surface area contributed by atoms with E-state index in [1.54, 1.807) is 12.3 Å². The van der Waals surface area contributed by atoms with Crippen molar-refractivity contribution in [3.8, 4) is 0 Å². The molecule has 1 aromatic heterocycles. The third-order valence-corrected chi connectivity index (χ3v) is 6.21. The van der Waals surface area contributed by atoms with Crippen molar-refractivity contribution < 1.29 is 14.0 Å². The Morgan fingerprint density at radius 1 is 1.22 bits per heavy atom. The minimum Gasteiger partial charge on any atom is -0.469 e. The number of carbonyl (C=O) groups excluding carboxylic acids is 2. The van der Waals surface area contributed by atoms with Gasteiger partial charge in [-0.3, -0.25) is 14.5 Å². The number of aryl methyl sites for hydroxylation is 1. The van der Waals surface area contributed by atoms with E-state index in [1.165, 1.54) is 12.8 Å². The highest BCUT2D eigenvalue weighted by Crippen LogP contribution is 2.24. The van der Waals surface area contributed by atoms with Gasteiger partial charge in [-0.15, -0.1) is 0 Å². The highest BCUT2D eigenvalue weighted by molar-refractivity contribution is 5.95. The van der Waals surface area contributed by atoms with Gasteiger partial charge in [-0.1, -0.05) is 6.92 Å². The van der Waals surface area contributed by atoms with E-state index in [4.69, 9.17) is 4.42 Å². The zero-order valence-corrected chi connectivity index (χ0v) is 16.7. The number of likely N-dealkylation sites (tertiary alicyclic amines) is 2. The lowest BCUT2D eigenvalue weighted by Gasteiger charge is -2.32. The van der Waals surface area contributed by atoms with Gasteiger partial charge >= 0.3 is 0 Å². The molecule has 0 spiro atoms. The fourth-order valence-electron chi connectivity index (χ4n) is 4.40. The van der Waals surface area contributed by atoms with E-state index in [9.17, 15) is 9.59 Å². The summed E-state index contributed by atoms with van der Waals surface area (Å²) in [5, 5.41) is 3.12. The van der Waals surface area contributed by atoms with Crippen molar-refractivity contribution in [2.45, 2.75) is 58.4 Å². The average Bonchev–Trinajstić information content (AvgIpc) is 3.32. The van der Waals surface area contributed by atoms with Crippen molar-refractivity contribution >= 4 is 11.8 Å². The van der Waals surface area contributed by atoms with Gasteiger partial charge in [0.25, 0.3) is 5.91 Å². The molecule has 0 saturated carbocycles. The van der Waals surface area contributed by atoms with Crippen molar-refractivity contribution in [3.63, 3.8) is 0 Å². The summed E-state index contributed by atoms with van der Waals surface area (Å²) in [6.07, 6.45) is 7.46. The summed E-state index contributed by atoms with van der Waals surface area (Å²) in [6.45, 7) is 8.55. The molecule has 0 aromatic carbocycles. The van der Waals surface area contributed by atoms with Crippen LogP contribution >= 0.6 is 0 Å². The maximum Gasteiger partial charge on any atom is 0.257 e. The quantitative estimate of drug-likeness (QED) is 0.796. The van der Waals surface area contributed by atoms with Gasteiger partial charge in [0.05, 0.1) is 11.8 Å². The normalized spacial score (nSPS) is 21.6. The van der Waals surface area contributed by atoms with E-state index < -0.39 is 0 Å². The highest BCUT2D eigenvalue weighted by Gasteiger charge is 2.26. The van der Waals surface area contributed by atoms with Gasteiger partial charge in [0, 0.05) is 32.1 Å². The average molecular weight is 376 g/mol. The van der Waals surface area contributed by atoms with Crippen molar-refractivity contribution in [1.82, 2.24) is 15.1 Å². The van der Waals surface area contributed by atoms with Gasteiger partial charge in [0.15, 0.2) is 0 Å². The standard InChI is InChI=1S/C21H33N3O3/c1-3-23-11-4-5-18(23)15-22-20(25)7-6-17-8-12-24(13-9-17)21(26)19-10-14-27-16(19)2/h10,14,17-18H,3-9,11-13,15H2,1-2H3,(H,22,25)/t18-/m0/s1. The third-order valence-electron chi connectivity index (χ3n) is 6.21. The Morgan fingerprint density at radius 2 is 2.00 bits per heavy atom. The molecule has 2 saturated heterocycles. The van der Waals surface area contributed by atoms with Crippen LogP contribution in [0.5, 0.6) is 0 Å². The Balaban J connectivity index is 1.34. The van der Waals surface area contributed by atoms with Gasteiger partial charge < -0.3 is 14.6 Å². The topological polar surface area (TPSA) is 65.8 Å². The first kappa shape index (κ1) is 19.9. The molecule has 0 unspecified atom stereocenters. The summed E-state index contributed by atoms with van der Waals surface area (Å²) >= 11 is 0. The van der Waals surface area contributed by atoms with Crippen molar-refractivity contribution in [3.05, 3.63) is 23.7 Å². The van der Waals surface area contributed by atoms with Gasteiger partial charge in [0.1, 0.15) is 5.76 Å². The van der Waals surface area contributed by atoms with Crippen molar-refractivity contribution in [2.24, 2.45) is 5.92 Å². The fourth-order valence-corrected chi connectivity index (χ4v) is 4.40. The molecule has 2 aliphatic rings. The van der Waals surface area contributed by atoms with Gasteiger partial charge in [-0.05, 0) is 64.1 Å². The van der Waals surface area contributed by atoms with E-state index >= 15 is 0 Å². The lowest BCUT2D eigenvalue weighted by atomic mass is 9.91. The Morgan fingerprint density at radius 3 is 2.67 bits per heavy atom. The lowest BCUT2D eigenvalue weighted by Crippen LogP contribution is -2.40. The van der Waals surface area contributed by atoms with E-state index in [2.05, 4.69) is 17.1 Å². The molecule has 3 heterocycles. The third kappa shape index (κ3) is 5.12. The molecule has 1 N–H and O–H groups in total. The number of hydrogen-bond donors (Lipinski definition) is 1. The molecular formula is C21H33N3O3. The smallest absolute Gasteiger partial charge is 0.257 e. The Labute approximate surface area is 162 Å². The molecular weight excluding hydrogens is 342 g/mol. The number of likely N-dealkylation sites (N-methyl/N-ethyl adjacent to an activating group) is 1. The molecule has 3 rings (SSSR count). The number of nitrogens with zero attached hydrogens (tertiary/aromatic N) is 2. The molecule has 0 aliphatic carbocycles. The van der Waals surface area contributed by atoms with Crippen molar-refractivity contribution in [2.75, 3.05) is 32.7 Å². The lowest BCUT2D eigenvalue weighted by molar-refractivity contribution is -0.121. The summed E-state index contributed by atoms with van der Waals surface area (Å²) < 4.78 is 5.24. The van der Waals surface area contributed by atoms with Crippen LogP contribution in [0.4, 0.5) is 0 Å². The second kappa shape index (κ2) is 9.40. The van der Waals surface area contributed by atoms with Crippen LogP contribution in [-0.2, 0) is 4.79 Å². The fraction of sp³-hybridized carbons (Fsp3) is 0.714. The molecule has 1 atom stereocenters. The predicted molar refractivity (Wildman–Crippen MR) is 105 cm³/mol. The van der Waals surface area contributed by atoms with E-state index in [1.807, 2.05) is 11.8 Å². The summed E-state index contributed by atoms with van der Waals surface area (Å²) in [7, 11) is 0. The number of rotatable bonds is 7. The molecule has 27 heavy (non-hydrogen) atoms. The number of furan rings is 1. The van der Waals surface area contributed by atoms with Crippen LogP contribution in [0.25, 0.3) is 0 Å². The Kier molecular flexibility index (Phi) is 6.94. The minimum atomic E-state index is 0.0643. The first-order valence-electron chi connectivity index (χ1n) is 10.4. The van der Waals surface area contributed by atoms with Gasteiger partial charge in [-0.25, -0.2) is 0 Å². The molecule has 0 bridgehead atoms. The van der Waals surface area contributed by atoms with Crippen LogP contribution in [0, 0.1) is 12.8 Å². The largest absolute Gasteiger partial charge is 0.469 e. The SMILES string of the molecule is CCN1CCC[C@H]1CNC(=O)CCC1CCN(C(=O)c2ccoc2C)CC1. The molecule has 150 valence electrons. The number of hydrogen-bond acceptors (Lipinski definition) is 4. The van der Waals surface area contributed by atoms with E-state index in [0.717, 1.165) is 52.0 Å². The molecule has 0 radical (unpaired) electrons. The summed E-state index contributed by atoms with van der Waals surface area (Å²) in [5.74, 6) is 1.45. The number of amides is 2. The Hall–Kier alpha value is -1.82. The molecule has 6 heteroatoms. The Bertz CT molecular complexity index is 634. The summed E-state index contributed by atoms with van der Waals surface area (Å²) in [6, 6.07) is 2.26. The summed E-state index contributed by atoms with van der Waals surface area (Å²) in [4.78, 5) is 29.1. The van der Waals surface area contributed by atoms with E-state index in [0.29, 0.717) is 29.7 Å². The van der Waals surface area contributed by atoms with E-state index in [-0.39, 0.29) is 11.8 Å².